The molecule has 0 unspecified atom stereocenters. The molecule has 0 amide bonds. The molecule has 0 spiro atoms. The molecule has 1 heteroatoms. The third kappa shape index (κ3) is 2.59. The summed E-state index contributed by atoms with van der Waals surface area (Å²) in [5.74, 6) is 1.59. The van der Waals surface area contributed by atoms with Gasteiger partial charge in [0.1, 0.15) is 0 Å². The van der Waals surface area contributed by atoms with Crippen molar-refractivity contribution in [2.24, 2.45) is 16.8 Å². The average Bonchev–Trinajstić information content (AvgIpc) is 2.54. The molecule has 1 aromatic carbocycles. The standard InChI is InChI=1S/C20H25N/c1-2-7-15(8-3-1)14-21-20-17-10-6-12-19(20)18-11-5-4-9-16(18)13-17/h1-3,7-8,14,17,19-20H,4-6,9-13H2/t17-,19-,20-/m1/s1. The van der Waals surface area contributed by atoms with Crippen LogP contribution in [0.3, 0.4) is 0 Å². The third-order valence-electron chi connectivity index (χ3n) is 5.77. The van der Waals surface area contributed by atoms with E-state index in [1.807, 2.05) is 11.1 Å². The quantitative estimate of drug-likeness (QED) is 0.523. The smallest absolute Gasteiger partial charge is 0.0596 e. The zero-order chi connectivity index (χ0) is 14.1. The maximum absolute atomic E-state index is 5.07. The lowest BCUT2D eigenvalue weighted by Crippen LogP contribution is -2.38. The highest BCUT2D eigenvalue weighted by molar-refractivity contribution is 5.79. The van der Waals surface area contributed by atoms with Crippen molar-refractivity contribution in [1.82, 2.24) is 0 Å². The van der Waals surface area contributed by atoms with Crippen LogP contribution in [-0.4, -0.2) is 12.3 Å². The molecule has 0 heterocycles. The molecule has 1 nitrogen and oxygen atoms in total. The fraction of sp³-hybridized carbons (Fsp3) is 0.550. The highest BCUT2D eigenvalue weighted by atomic mass is 14.8. The van der Waals surface area contributed by atoms with Gasteiger partial charge in [-0.2, -0.15) is 0 Å². The van der Waals surface area contributed by atoms with Crippen molar-refractivity contribution in [1.29, 1.82) is 0 Å². The lowest BCUT2D eigenvalue weighted by Gasteiger charge is -2.44. The van der Waals surface area contributed by atoms with Crippen LogP contribution in [0.15, 0.2) is 46.5 Å². The van der Waals surface area contributed by atoms with Gasteiger partial charge < -0.3 is 0 Å². The lowest BCUT2D eigenvalue weighted by atomic mass is 9.63. The van der Waals surface area contributed by atoms with Crippen LogP contribution >= 0.6 is 0 Å². The van der Waals surface area contributed by atoms with Gasteiger partial charge in [0.2, 0.25) is 0 Å². The second-order valence-corrected chi connectivity index (χ2v) is 7.02. The van der Waals surface area contributed by atoms with E-state index in [1.54, 1.807) is 0 Å². The number of hydrogen-bond acceptors (Lipinski definition) is 1. The van der Waals surface area contributed by atoms with Crippen molar-refractivity contribution in [3.05, 3.63) is 47.0 Å². The first kappa shape index (κ1) is 13.3. The van der Waals surface area contributed by atoms with E-state index in [2.05, 4.69) is 36.5 Å². The van der Waals surface area contributed by atoms with Crippen LogP contribution in [0.1, 0.15) is 56.9 Å². The topological polar surface area (TPSA) is 12.4 Å². The Labute approximate surface area is 128 Å². The van der Waals surface area contributed by atoms with Crippen LogP contribution in [0.2, 0.25) is 0 Å². The summed E-state index contributed by atoms with van der Waals surface area (Å²) >= 11 is 0. The Kier molecular flexibility index (Phi) is 3.67. The van der Waals surface area contributed by atoms with E-state index in [0.717, 1.165) is 11.8 Å². The van der Waals surface area contributed by atoms with Crippen molar-refractivity contribution in [3.8, 4) is 0 Å². The van der Waals surface area contributed by atoms with Gasteiger partial charge in [-0.25, -0.2) is 0 Å². The fourth-order valence-electron chi connectivity index (χ4n) is 4.80. The molecule has 0 aromatic heterocycles. The number of rotatable bonds is 2. The highest BCUT2D eigenvalue weighted by Crippen LogP contribution is 2.49. The largest absolute Gasteiger partial charge is 0.288 e. The molecule has 1 fully saturated rings. The molecule has 1 saturated carbocycles. The summed E-state index contributed by atoms with van der Waals surface area (Å²) in [6.07, 6.45) is 13.3. The van der Waals surface area contributed by atoms with Crippen LogP contribution in [-0.2, 0) is 0 Å². The molecule has 3 aliphatic carbocycles. The summed E-state index contributed by atoms with van der Waals surface area (Å²) in [6.45, 7) is 0. The van der Waals surface area contributed by atoms with E-state index in [9.17, 15) is 0 Å². The summed E-state index contributed by atoms with van der Waals surface area (Å²) < 4.78 is 0. The predicted octanol–water partition coefficient (Wildman–Crippen LogP) is 5.16. The molecule has 1 aromatic rings. The van der Waals surface area contributed by atoms with Gasteiger partial charge in [0.15, 0.2) is 0 Å². The zero-order valence-corrected chi connectivity index (χ0v) is 12.8. The van der Waals surface area contributed by atoms with E-state index in [4.69, 9.17) is 4.99 Å². The van der Waals surface area contributed by atoms with Gasteiger partial charge in [-0.15, -0.1) is 0 Å². The Morgan fingerprint density at radius 3 is 2.71 bits per heavy atom. The third-order valence-corrected chi connectivity index (χ3v) is 5.77. The fourth-order valence-corrected chi connectivity index (χ4v) is 4.80. The summed E-state index contributed by atoms with van der Waals surface area (Å²) in [5, 5.41) is 0. The van der Waals surface area contributed by atoms with Gasteiger partial charge in [0.25, 0.3) is 0 Å². The molecule has 21 heavy (non-hydrogen) atoms. The molecule has 0 radical (unpaired) electrons. The van der Waals surface area contributed by atoms with Crippen LogP contribution in [0.25, 0.3) is 0 Å². The summed E-state index contributed by atoms with van der Waals surface area (Å²) in [5.41, 5.74) is 4.91. The maximum Gasteiger partial charge on any atom is 0.0596 e. The van der Waals surface area contributed by atoms with Crippen LogP contribution in [0.5, 0.6) is 0 Å². The minimum absolute atomic E-state index is 0.566. The Hall–Kier alpha value is -1.37. The number of nitrogens with zero attached hydrogens (tertiary/aromatic N) is 1. The monoisotopic (exact) mass is 279 g/mol. The molecule has 4 rings (SSSR count). The predicted molar refractivity (Wildman–Crippen MR) is 88.8 cm³/mol. The van der Waals surface area contributed by atoms with Gasteiger partial charge in [-0.1, -0.05) is 47.9 Å². The molecule has 110 valence electrons. The molecular formula is C20H25N. The van der Waals surface area contributed by atoms with Crippen molar-refractivity contribution in [2.45, 2.75) is 57.4 Å². The Morgan fingerprint density at radius 1 is 0.952 bits per heavy atom. The minimum Gasteiger partial charge on any atom is -0.288 e. The van der Waals surface area contributed by atoms with Gasteiger partial charge in [0.05, 0.1) is 6.04 Å². The highest BCUT2D eigenvalue weighted by Gasteiger charge is 2.40. The van der Waals surface area contributed by atoms with Crippen molar-refractivity contribution >= 4 is 6.21 Å². The maximum atomic E-state index is 5.07. The average molecular weight is 279 g/mol. The van der Waals surface area contributed by atoms with E-state index < -0.39 is 0 Å². The first-order valence-corrected chi connectivity index (χ1v) is 8.71. The normalized spacial score (nSPS) is 32.3. The summed E-state index contributed by atoms with van der Waals surface area (Å²) in [6, 6.07) is 11.2. The van der Waals surface area contributed by atoms with Crippen LogP contribution in [0.4, 0.5) is 0 Å². The molecule has 0 saturated heterocycles. The number of fused-ring (bicyclic) bond motifs is 3. The zero-order valence-electron chi connectivity index (χ0n) is 12.8. The van der Waals surface area contributed by atoms with Gasteiger partial charge in [0, 0.05) is 12.1 Å². The summed E-state index contributed by atoms with van der Waals surface area (Å²) in [7, 11) is 0. The molecular weight excluding hydrogens is 254 g/mol. The van der Waals surface area contributed by atoms with Gasteiger partial charge >= 0.3 is 0 Å². The molecule has 2 bridgehead atoms. The number of benzene rings is 1. The van der Waals surface area contributed by atoms with Crippen molar-refractivity contribution in [2.75, 3.05) is 0 Å². The van der Waals surface area contributed by atoms with Gasteiger partial charge in [-0.05, 0) is 56.4 Å². The first-order valence-electron chi connectivity index (χ1n) is 8.71. The van der Waals surface area contributed by atoms with E-state index in [1.165, 1.54) is 56.9 Å². The van der Waals surface area contributed by atoms with Crippen molar-refractivity contribution < 1.29 is 0 Å². The Morgan fingerprint density at radius 2 is 1.81 bits per heavy atom. The second kappa shape index (κ2) is 5.79. The Bertz CT molecular complexity index is 554. The van der Waals surface area contributed by atoms with E-state index in [-0.39, 0.29) is 0 Å². The SMILES string of the molecule is C(=N[C@@H]1[C@@H]2CCC[C@@H]1C1=C(CCCC1)C2)c1ccccc1. The number of allylic oxidation sites excluding steroid dienone is 1. The molecule has 0 aliphatic heterocycles. The number of aliphatic imine (C=N–C) groups is 1. The minimum atomic E-state index is 0.566. The van der Waals surface area contributed by atoms with E-state index >= 15 is 0 Å². The van der Waals surface area contributed by atoms with E-state index in [0.29, 0.717) is 6.04 Å². The van der Waals surface area contributed by atoms with Crippen LogP contribution < -0.4 is 0 Å². The lowest BCUT2D eigenvalue weighted by molar-refractivity contribution is 0.215. The molecule has 0 N–H and O–H groups in total. The molecule has 3 aliphatic rings. The van der Waals surface area contributed by atoms with Crippen molar-refractivity contribution in [3.63, 3.8) is 0 Å². The Balaban J connectivity index is 1.60. The van der Waals surface area contributed by atoms with Gasteiger partial charge in [-0.3, -0.25) is 4.99 Å². The van der Waals surface area contributed by atoms with Crippen LogP contribution in [0, 0.1) is 11.8 Å². The molecule has 3 atom stereocenters. The first-order chi connectivity index (χ1) is 10.4. The summed E-state index contributed by atoms with van der Waals surface area (Å²) in [4.78, 5) is 5.07. The second-order valence-electron chi connectivity index (χ2n) is 7.02. The number of hydrogen-bond donors (Lipinski definition) is 0.